The van der Waals surface area contributed by atoms with Crippen molar-refractivity contribution in [1.82, 2.24) is 15.2 Å². The Labute approximate surface area is 197 Å². The van der Waals surface area contributed by atoms with E-state index in [1.54, 1.807) is 5.38 Å². The quantitative estimate of drug-likeness (QED) is 0.526. The molecule has 0 radical (unpaired) electrons. The molecule has 2 atom stereocenters. The molecule has 1 aromatic carbocycles. The van der Waals surface area contributed by atoms with Crippen molar-refractivity contribution in [2.24, 2.45) is 0 Å². The van der Waals surface area contributed by atoms with E-state index in [-0.39, 0.29) is 28.6 Å². The molecule has 12 heteroatoms. The second-order valence-electron chi connectivity index (χ2n) is 7.79. The number of hydrogen-bond donors (Lipinski definition) is 3. The molecule has 0 amide bonds. The van der Waals surface area contributed by atoms with Crippen LogP contribution < -0.4 is 15.4 Å². The van der Waals surface area contributed by atoms with Gasteiger partial charge in [-0.25, -0.2) is 17.8 Å². The second-order valence-corrected chi connectivity index (χ2v) is 10.7. The fraction of sp³-hybridized carbons (Fsp3) is 0.526. The smallest absolute Gasteiger partial charge is 0.266 e. The van der Waals surface area contributed by atoms with Crippen molar-refractivity contribution in [3.8, 4) is 0 Å². The van der Waals surface area contributed by atoms with E-state index in [0.29, 0.717) is 17.8 Å². The summed E-state index contributed by atoms with van der Waals surface area (Å²) in [5.41, 5.74) is 0.416. The summed E-state index contributed by atoms with van der Waals surface area (Å²) in [6, 6.07) is 3.29. The van der Waals surface area contributed by atoms with Gasteiger partial charge in [-0.2, -0.15) is 0 Å². The largest absolute Gasteiger partial charge is 0.379 e. The lowest BCUT2D eigenvalue weighted by Crippen LogP contribution is -2.61. The minimum absolute atomic E-state index is 0. The predicted molar refractivity (Wildman–Crippen MR) is 126 cm³/mol. The zero-order chi connectivity index (χ0) is 21.3. The van der Waals surface area contributed by atoms with Crippen molar-refractivity contribution in [3.63, 3.8) is 0 Å². The van der Waals surface area contributed by atoms with Crippen molar-refractivity contribution in [1.29, 1.82) is 0 Å². The van der Waals surface area contributed by atoms with Crippen molar-refractivity contribution in [2.75, 3.05) is 30.2 Å². The number of thiazole rings is 1. The minimum atomic E-state index is -4.12. The van der Waals surface area contributed by atoms with Crippen LogP contribution in [0, 0.1) is 5.82 Å². The molecule has 31 heavy (non-hydrogen) atoms. The van der Waals surface area contributed by atoms with E-state index >= 15 is 0 Å². The maximum Gasteiger partial charge on any atom is 0.266 e. The summed E-state index contributed by atoms with van der Waals surface area (Å²) >= 11 is 7.49. The number of benzene rings is 1. The van der Waals surface area contributed by atoms with Gasteiger partial charge in [-0.1, -0.05) is 24.4 Å². The summed E-state index contributed by atoms with van der Waals surface area (Å²) in [7, 11) is -1.98. The molecule has 1 saturated heterocycles. The van der Waals surface area contributed by atoms with E-state index in [4.69, 9.17) is 11.6 Å². The Morgan fingerprint density at radius 3 is 2.68 bits per heavy atom. The van der Waals surface area contributed by atoms with Crippen LogP contribution in [0.2, 0.25) is 5.02 Å². The molecule has 2 aliphatic rings. The molecule has 1 saturated carbocycles. The predicted octanol–water partition coefficient (Wildman–Crippen LogP) is 3.78. The fourth-order valence-corrected chi connectivity index (χ4v) is 6.25. The molecule has 1 aromatic heterocycles. The van der Waals surface area contributed by atoms with Crippen LogP contribution in [-0.4, -0.2) is 56.6 Å². The van der Waals surface area contributed by atoms with Gasteiger partial charge < -0.3 is 10.6 Å². The highest BCUT2D eigenvalue weighted by atomic mass is 35.5. The Morgan fingerprint density at radius 2 is 2.03 bits per heavy atom. The third-order valence-corrected chi connectivity index (χ3v) is 8.38. The second kappa shape index (κ2) is 10.2. The Hall–Kier alpha value is -1.17. The maximum absolute atomic E-state index is 14.8. The number of likely N-dealkylation sites (N-methyl/N-ethyl adjacent to an activating group) is 1. The lowest BCUT2D eigenvalue weighted by molar-refractivity contribution is 0.0944. The van der Waals surface area contributed by atoms with Gasteiger partial charge in [0.05, 0.1) is 10.7 Å². The maximum atomic E-state index is 14.8. The number of halogens is 3. The lowest BCUT2D eigenvalue weighted by Gasteiger charge is -2.45. The van der Waals surface area contributed by atoms with Crippen LogP contribution >= 0.6 is 35.3 Å². The summed E-state index contributed by atoms with van der Waals surface area (Å²) in [4.78, 5) is 5.78. The van der Waals surface area contributed by atoms with Crippen molar-refractivity contribution < 1.29 is 12.8 Å². The molecule has 1 aliphatic heterocycles. The molecule has 0 bridgehead atoms. The third-order valence-electron chi connectivity index (χ3n) is 5.89. The van der Waals surface area contributed by atoms with Gasteiger partial charge >= 0.3 is 0 Å². The van der Waals surface area contributed by atoms with Gasteiger partial charge in [0.15, 0.2) is 5.13 Å². The highest BCUT2D eigenvalue weighted by Crippen LogP contribution is 2.33. The van der Waals surface area contributed by atoms with Gasteiger partial charge in [0, 0.05) is 42.8 Å². The summed E-state index contributed by atoms with van der Waals surface area (Å²) < 4.78 is 42.2. The van der Waals surface area contributed by atoms with Crippen LogP contribution in [0.15, 0.2) is 28.6 Å². The number of anilines is 2. The van der Waals surface area contributed by atoms with E-state index in [9.17, 15) is 12.8 Å². The summed E-state index contributed by atoms with van der Waals surface area (Å²) in [6.07, 6.45) is 5.74. The van der Waals surface area contributed by atoms with Gasteiger partial charge in [0.2, 0.25) is 0 Å². The molecular weight excluding hydrogens is 484 g/mol. The Balaban J connectivity index is 0.00000272. The van der Waals surface area contributed by atoms with E-state index in [2.05, 4.69) is 32.3 Å². The summed E-state index contributed by atoms with van der Waals surface area (Å²) in [5, 5.41) is 8.66. The number of rotatable bonds is 7. The summed E-state index contributed by atoms with van der Waals surface area (Å²) in [6.45, 7) is 1.96. The first-order chi connectivity index (χ1) is 14.3. The van der Waals surface area contributed by atoms with Gasteiger partial charge in [0.25, 0.3) is 10.0 Å². The Kier molecular flexibility index (Phi) is 8.04. The third kappa shape index (κ3) is 5.43. The zero-order valence-electron chi connectivity index (χ0n) is 17.0. The average molecular weight is 510 g/mol. The van der Waals surface area contributed by atoms with Crippen LogP contribution in [0.5, 0.6) is 0 Å². The Bertz CT molecular complexity index is 989. The van der Waals surface area contributed by atoms with E-state index in [1.165, 1.54) is 12.3 Å². The topological polar surface area (TPSA) is 86.4 Å². The standard InChI is InChI=1S/C19H25ClFN5O2S2.ClH/c1-26(12-10-22-11-12)17-5-3-2-4-15(17)24-16-9-14(21)18(8-13(16)20)30(27,28)25-19-23-6-7-29-19;/h6-9,12,15,17,22,24H,2-5,10-11H2,1H3,(H,23,25);1H/t15-,17-;/m0./s1. The van der Waals surface area contributed by atoms with E-state index in [0.717, 1.165) is 56.2 Å². The van der Waals surface area contributed by atoms with Gasteiger partial charge in [-0.05, 0) is 32.0 Å². The highest BCUT2D eigenvalue weighted by molar-refractivity contribution is 7.93. The number of nitrogens with zero attached hydrogens (tertiary/aromatic N) is 2. The molecule has 0 spiro atoms. The first kappa shape index (κ1) is 24.5. The summed E-state index contributed by atoms with van der Waals surface area (Å²) in [5.74, 6) is -0.852. The van der Waals surface area contributed by atoms with Crippen LogP contribution in [0.25, 0.3) is 0 Å². The normalized spacial score (nSPS) is 21.9. The molecule has 0 unspecified atom stereocenters. The molecule has 2 heterocycles. The number of hydrogen-bond acceptors (Lipinski definition) is 7. The number of aromatic nitrogens is 1. The van der Waals surface area contributed by atoms with Crippen LogP contribution in [-0.2, 0) is 10.0 Å². The number of sulfonamides is 1. The molecule has 1 aliphatic carbocycles. The first-order valence-corrected chi connectivity index (χ1v) is 12.7. The van der Waals surface area contributed by atoms with Crippen molar-refractivity contribution in [3.05, 3.63) is 34.5 Å². The van der Waals surface area contributed by atoms with Gasteiger partial charge in [0.1, 0.15) is 10.7 Å². The molecule has 7 nitrogen and oxygen atoms in total. The van der Waals surface area contributed by atoms with Crippen molar-refractivity contribution >= 4 is 56.2 Å². The van der Waals surface area contributed by atoms with E-state index in [1.807, 2.05) is 0 Å². The highest BCUT2D eigenvalue weighted by Gasteiger charge is 2.34. The SMILES string of the molecule is CN(C1CNC1)[C@H]1CCCC[C@@H]1Nc1cc(F)c(S(=O)(=O)Nc2nccs2)cc1Cl.Cl. The average Bonchev–Trinajstić information content (AvgIpc) is 3.15. The van der Waals surface area contributed by atoms with Gasteiger partial charge in [-0.3, -0.25) is 9.62 Å². The van der Waals surface area contributed by atoms with Crippen molar-refractivity contribution in [2.45, 2.75) is 48.7 Å². The van der Waals surface area contributed by atoms with Crippen LogP contribution in [0.3, 0.4) is 0 Å². The van der Waals surface area contributed by atoms with E-state index < -0.39 is 20.7 Å². The molecule has 4 rings (SSSR count). The van der Waals surface area contributed by atoms with Gasteiger partial charge in [-0.15, -0.1) is 23.7 Å². The molecule has 3 N–H and O–H groups in total. The monoisotopic (exact) mass is 509 g/mol. The minimum Gasteiger partial charge on any atom is -0.379 e. The molecular formula is C19H26Cl2FN5O2S2. The van der Waals surface area contributed by atoms with Crippen LogP contribution in [0.1, 0.15) is 25.7 Å². The molecule has 2 fully saturated rings. The Morgan fingerprint density at radius 1 is 1.29 bits per heavy atom. The first-order valence-electron chi connectivity index (χ1n) is 9.95. The van der Waals surface area contributed by atoms with Crippen LogP contribution in [0.4, 0.5) is 15.2 Å². The fourth-order valence-electron chi connectivity index (χ4n) is 4.09. The number of nitrogens with one attached hydrogen (secondary N) is 3. The lowest BCUT2D eigenvalue weighted by atomic mass is 9.88. The molecule has 172 valence electrons. The molecule has 2 aromatic rings. The zero-order valence-corrected chi connectivity index (χ0v) is 20.2.